The Morgan fingerprint density at radius 1 is 1.53 bits per heavy atom. The summed E-state index contributed by atoms with van der Waals surface area (Å²) in [6.07, 6.45) is 0.120. The van der Waals surface area contributed by atoms with Gasteiger partial charge in [0.15, 0.2) is 0 Å². The third-order valence-electron chi connectivity index (χ3n) is 3.11. The Morgan fingerprint density at radius 3 is 3.00 bits per heavy atom. The number of amides is 1. The molecule has 0 saturated heterocycles. The van der Waals surface area contributed by atoms with Gasteiger partial charge < -0.3 is 20.5 Å². The van der Waals surface area contributed by atoms with Crippen LogP contribution in [0.3, 0.4) is 0 Å². The standard InChI is InChI=1S/C14H20N2O3/c1-14(2)9-11(16-7-8-18-13(15)17)10-5-3-4-6-12(10)19-14/h3-6,11,16H,7-9H2,1-2H3,(H2,15,17). The Morgan fingerprint density at radius 2 is 2.26 bits per heavy atom. The lowest BCUT2D eigenvalue weighted by Crippen LogP contribution is -2.40. The Labute approximate surface area is 113 Å². The number of para-hydroxylation sites is 1. The van der Waals surface area contributed by atoms with Crippen LogP contribution in [0.5, 0.6) is 5.75 Å². The van der Waals surface area contributed by atoms with Crippen LogP contribution in [0.15, 0.2) is 24.3 Å². The molecule has 1 aliphatic rings. The first-order chi connectivity index (χ1) is 8.98. The van der Waals surface area contributed by atoms with Crippen molar-refractivity contribution in [1.82, 2.24) is 5.32 Å². The molecule has 1 amide bonds. The molecule has 2 rings (SSSR count). The first-order valence-electron chi connectivity index (χ1n) is 6.41. The second-order valence-electron chi connectivity index (χ2n) is 5.28. The summed E-state index contributed by atoms with van der Waals surface area (Å²) in [7, 11) is 0. The number of rotatable bonds is 4. The highest BCUT2D eigenvalue weighted by molar-refractivity contribution is 5.64. The van der Waals surface area contributed by atoms with Gasteiger partial charge >= 0.3 is 6.09 Å². The number of primary amides is 1. The largest absolute Gasteiger partial charge is 0.487 e. The van der Waals surface area contributed by atoms with Crippen LogP contribution >= 0.6 is 0 Å². The van der Waals surface area contributed by atoms with Gasteiger partial charge in [0.05, 0.1) is 0 Å². The van der Waals surface area contributed by atoms with Crippen molar-refractivity contribution in [3.8, 4) is 5.75 Å². The van der Waals surface area contributed by atoms with Crippen molar-refractivity contribution in [1.29, 1.82) is 0 Å². The van der Waals surface area contributed by atoms with Crippen LogP contribution in [-0.2, 0) is 4.74 Å². The summed E-state index contributed by atoms with van der Waals surface area (Å²) in [6, 6.07) is 8.18. The van der Waals surface area contributed by atoms with Gasteiger partial charge in [0.1, 0.15) is 18.0 Å². The van der Waals surface area contributed by atoms with E-state index in [-0.39, 0.29) is 18.2 Å². The number of hydrogen-bond acceptors (Lipinski definition) is 4. The van der Waals surface area contributed by atoms with Gasteiger partial charge in [0, 0.05) is 24.6 Å². The molecule has 0 saturated carbocycles. The second-order valence-corrected chi connectivity index (χ2v) is 5.28. The maximum absolute atomic E-state index is 10.5. The van der Waals surface area contributed by atoms with Crippen LogP contribution in [0.25, 0.3) is 0 Å². The molecule has 104 valence electrons. The van der Waals surface area contributed by atoms with Gasteiger partial charge in [-0.05, 0) is 19.9 Å². The monoisotopic (exact) mass is 264 g/mol. The lowest BCUT2D eigenvalue weighted by molar-refractivity contribution is 0.0645. The van der Waals surface area contributed by atoms with Crippen molar-refractivity contribution in [2.24, 2.45) is 5.73 Å². The number of carbonyl (C=O) groups is 1. The molecule has 1 aromatic carbocycles. The molecular weight excluding hydrogens is 244 g/mol. The molecule has 3 N–H and O–H groups in total. The zero-order valence-corrected chi connectivity index (χ0v) is 11.3. The van der Waals surface area contributed by atoms with E-state index in [2.05, 4.69) is 25.2 Å². The van der Waals surface area contributed by atoms with Gasteiger partial charge in [0.25, 0.3) is 0 Å². The molecule has 0 bridgehead atoms. The number of carbonyl (C=O) groups excluding carboxylic acids is 1. The van der Waals surface area contributed by atoms with E-state index in [1.807, 2.05) is 18.2 Å². The molecule has 1 aliphatic heterocycles. The van der Waals surface area contributed by atoms with E-state index >= 15 is 0 Å². The fourth-order valence-electron chi connectivity index (χ4n) is 2.37. The van der Waals surface area contributed by atoms with Gasteiger partial charge in [-0.1, -0.05) is 18.2 Å². The molecule has 5 nitrogen and oxygen atoms in total. The van der Waals surface area contributed by atoms with Gasteiger partial charge in [-0.25, -0.2) is 4.79 Å². The topological polar surface area (TPSA) is 73.6 Å². The van der Waals surface area contributed by atoms with Gasteiger partial charge in [0.2, 0.25) is 0 Å². The molecular formula is C14H20N2O3. The summed E-state index contributed by atoms with van der Waals surface area (Å²) in [6.45, 7) is 4.97. The fraction of sp³-hybridized carbons (Fsp3) is 0.500. The zero-order chi connectivity index (χ0) is 13.9. The van der Waals surface area contributed by atoms with Crippen LogP contribution in [0.4, 0.5) is 4.79 Å². The van der Waals surface area contributed by atoms with E-state index in [4.69, 9.17) is 15.2 Å². The quantitative estimate of drug-likeness (QED) is 0.815. The lowest BCUT2D eigenvalue weighted by atomic mass is 9.90. The molecule has 1 atom stereocenters. The fourth-order valence-corrected chi connectivity index (χ4v) is 2.37. The predicted octanol–water partition coefficient (Wildman–Crippen LogP) is 1.97. The normalized spacial score (nSPS) is 20.2. The number of nitrogens with two attached hydrogens (primary N) is 1. The SMILES string of the molecule is CC1(C)CC(NCCOC(N)=O)c2ccccc2O1. The summed E-state index contributed by atoms with van der Waals surface area (Å²) in [5, 5.41) is 3.38. The van der Waals surface area contributed by atoms with Crippen LogP contribution in [-0.4, -0.2) is 24.8 Å². The Balaban J connectivity index is 2.01. The molecule has 0 aromatic heterocycles. The van der Waals surface area contributed by atoms with Crippen LogP contribution in [0.1, 0.15) is 31.9 Å². The Bertz CT molecular complexity index is 460. The maximum atomic E-state index is 10.5. The number of hydrogen-bond donors (Lipinski definition) is 2. The van der Waals surface area contributed by atoms with E-state index in [0.717, 1.165) is 17.7 Å². The van der Waals surface area contributed by atoms with E-state index in [1.165, 1.54) is 0 Å². The minimum absolute atomic E-state index is 0.191. The molecule has 0 aliphatic carbocycles. The zero-order valence-electron chi connectivity index (χ0n) is 11.3. The summed E-state index contributed by atoms with van der Waals surface area (Å²) in [4.78, 5) is 10.5. The van der Waals surface area contributed by atoms with E-state index in [9.17, 15) is 4.79 Å². The van der Waals surface area contributed by atoms with E-state index < -0.39 is 6.09 Å². The van der Waals surface area contributed by atoms with Crippen LogP contribution in [0, 0.1) is 0 Å². The first kappa shape index (κ1) is 13.7. The molecule has 0 fully saturated rings. The van der Waals surface area contributed by atoms with Gasteiger partial charge in [-0.3, -0.25) is 0 Å². The van der Waals surface area contributed by atoms with Crippen LogP contribution in [0.2, 0.25) is 0 Å². The maximum Gasteiger partial charge on any atom is 0.404 e. The molecule has 5 heteroatoms. The highest BCUT2D eigenvalue weighted by Crippen LogP contribution is 2.38. The van der Waals surface area contributed by atoms with Gasteiger partial charge in [-0.15, -0.1) is 0 Å². The number of fused-ring (bicyclic) bond motifs is 1. The third-order valence-corrected chi connectivity index (χ3v) is 3.11. The first-order valence-corrected chi connectivity index (χ1v) is 6.41. The van der Waals surface area contributed by atoms with Gasteiger partial charge in [-0.2, -0.15) is 0 Å². The van der Waals surface area contributed by atoms with Crippen molar-refractivity contribution < 1.29 is 14.3 Å². The van der Waals surface area contributed by atoms with Crippen LogP contribution < -0.4 is 15.8 Å². The summed E-state index contributed by atoms with van der Waals surface area (Å²) in [5.74, 6) is 0.909. The smallest absolute Gasteiger partial charge is 0.404 e. The third kappa shape index (κ3) is 3.61. The van der Waals surface area contributed by atoms with Crippen molar-refractivity contribution in [2.75, 3.05) is 13.2 Å². The Kier molecular flexibility index (Phi) is 3.95. The summed E-state index contributed by atoms with van der Waals surface area (Å²) >= 11 is 0. The van der Waals surface area contributed by atoms with Crippen molar-refractivity contribution in [2.45, 2.75) is 31.9 Å². The predicted molar refractivity (Wildman–Crippen MR) is 72.0 cm³/mol. The Hall–Kier alpha value is -1.75. The molecule has 0 spiro atoms. The molecule has 1 heterocycles. The summed E-state index contributed by atoms with van der Waals surface area (Å²) in [5.41, 5.74) is 5.85. The van der Waals surface area contributed by atoms with Crippen molar-refractivity contribution >= 4 is 6.09 Å². The number of nitrogens with one attached hydrogen (secondary N) is 1. The average Bonchev–Trinajstić information content (AvgIpc) is 2.33. The lowest BCUT2D eigenvalue weighted by Gasteiger charge is -2.38. The second kappa shape index (κ2) is 5.48. The highest BCUT2D eigenvalue weighted by Gasteiger charge is 2.33. The van der Waals surface area contributed by atoms with E-state index in [1.54, 1.807) is 0 Å². The molecule has 1 unspecified atom stereocenters. The van der Waals surface area contributed by atoms with E-state index in [0.29, 0.717) is 6.54 Å². The molecule has 19 heavy (non-hydrogen) atoms. The number of ether oxygens (including phenoxy) is 2. The van der Waals surface area contributed by atoms with Crippen molar-refractivity contribution in [3.05, 3.63) is 29.8 Å². The average molecular weight is 264 g/mol. The summed E-state index contributed by atoms with van der Waals surface area (Å²) < 4.78 is 10.7. The molecule has 1 aromatic rings. The minimum Gasteiger partial charge on any atom is -0.487 e. The minimum atomic E-state index is -0.741. The highest BCUT2D eigenvalue weighted by atomic mass is 16.5. The molecule has 0 radical (unpaired) electrons. The van der Waals surface area contributed by atoms with Crippen molar-refractivity contribution in [3.63, 3.8) is 0 Å². The number of benzene rings is 1.